The minimum absolute atomic E-state index is 0.00266. The molecule has 2 atom stereocenters. The van der Waals surface area contributed by atoms with Gasteiger partial charge < -0.3 is 22.1 Å². The van der Waals surface area contributed by atoms with Gasteiger partial charge >= 0.3 is 0 Å². The Morgan fingerprint density at radius 2 is 2.06 bits per heavy atom. The van der Waals surface area contributed by atoms with Crippen LogP contribution >= 0.6 is 0 Å². The molecule has 0 bridgehead atoms. The lowest BCUT2D eigenvalue weighted by molar-refractivity contribution is 0.0995. The maximum Gasteiger partial charge on any atom is 0.273 e. The Bertz CT molecular complexity index is 1090. The van der Waals surface area contributed by atoms with Crippen LogP contribution in [0.25, 0.3) is 10.9 Å². The molecule has 2 heterocycles. The molecule has 164 valence electrons. The maximum absolute atomic E-state index is 12.8. The van der Waals surface area contributed by atoms with Crippen LogP contribution in [0.2, 0.25) is 0 Å². The molecule has 10 nitrogen and oxygen atoms in total. The number of carbonyl (C=O) groups is 1. The van der Waals surface area contributed by atoms with Crippen molar-refractivity contribution in [2.24, 2.45) is 11.5 Å². The molecular weight excluding hydrogens is 408 g/mol. The number of anilines is 3. The Morgan fingerprint density at radius 3 is 2.81 bits per heavy atom. The third-order valence-corrected chi connectivity index (χ3v) is 5.27. The van der Waals surface area contributed by atoms with Crippen LogP contribution in [0.4, 0.5) is 26.2 Å². The van der Waals surface area contributed by atoms with Crippen LogP contribution < -0.4 is 22.1 Å². The van der Waals surface area contributed by atoms with Crippen molar-refractivity contribution in [2.45, 2.75) is 50.7 Å². The van der Waals surface area contributed by atoms with Gasteiger partial charge in [-0.05, 0) is 31.0 Å². The molecule has 6 N–H and O–H groups in total. The van der Waals surface area contributed by atoms with E-state index < -0.39 is 18.9 Å². The lowest BCUT2D eigenvalue weighted by atomic mass is 9.91. The topological polar surface area (TPSA) is 150 Å². The van der Waals surface area contributed by atoms with Gasteiger partial charge in [0.05, 0.1) is 11.7 Å². The van der Waals surface area contributed by atoms with Gasteiger partial charge in [0.25, 0.3) is 12.3 Å². The molecule has 3 aromatic rings. The number of fused-ring (bicyclic) bond motifs is 1. The number of carbonyl (C=O) groups excluding carboxylic acids is 1. The Balaban J connectivity index is 1.62. The van der Waals surface area contributed by atoms with Crippen molar-refractivity contribution in [3.8, 4) is 0 Å². The predicted octanol–water partition coefficient (Wildman–Crippen LogP) is 2.01. The standard InChI is InChI=1S/C19H23F2N9O/c20-15(21)9-30-14-7-11(6-5-10(14)8-24-30)25-18-16(17(23)31)28-29-19(27-18)26-13-4-2-1-3-12(13)22/h5-8,12-13,15H,1-4,9,22H2,(H2,23,31)(H2,25,26,27,29)/t12-,13+/m0/s1. The highest BCUT2D eigenvalue weighted by atomic mass is 19.3. The molecule has 1 saturated carbocycles. The molecule has 0 spiro atoms. The highest BCUT2D eigenvalue weighted by Gasteiger charge is 2.23. The zero-order valence-corrected chi connectivity index (χ0v) is 16.6. The van der Waals surface area contributed by atoms with Gasteiger partial charge in [-0.2, -0.15) is 10.1 Å². The molecule has 2 aromatic heterocycles. The van der Waals surface area contributed by atoms with E-state index in [4.69, 9.17) is 11.5 Å². The van der Waals surface area contributed by atoms with Crippen LogP contribution in [0.5, 0.6) is 0 Å². The van der Waals surface area contributed by atoms with Crippen molar-refractivity contribution < 1.29 is 13.6 Å². The lowest BCUT2D eigenvalue weighted by Gasteiger charge is -2.29. The number of primary amides is 1. The van der Waals surface area contributed by atoms with Gasteiger partial charge in [0.1, 0.15) is 6.54 Å². The number of hydrogen-bond acceptors (Lipinski definition) is 8. The number of rotatable bonds is 7. The van der Waals surface area contributed by atoms with E-state index in [0.717, 1.165) is 25.7 Å². The van der Waals surface area contributed by atoms with Crippen molar-refractivity contribution in [2.75, 3.05) is 10.6 Å². The SMILES string of the molecule is NC(=O)c1nnc(N[C@@H]2CCCC[C@@H]2N)nc1Nc1ccc2cnn(CC(F)F)c2c1. The smallest absolute Gasteiger partial charge is 0.273 e. The number of nitrogens with two attached hydrogens (primary N) is 2. The molecule has 1 fully saturated rings. The maximum atomic E-state index is 12.8. The Hall–Kier alpha value is -3.41. The minimum Gasteiger partial charge on any atom is -0.364 e. The first-order chi connectivity index (χ1) is 14.9. The first-order valence-corrected chi connectivity index (χ1v) is 9.98. The Morgan fingerprint density at radius 1 is 1.26 bits per heavy atom. The number of amides is 1. The monoisotopic (exact) mass is 431 g/mol. The second-order valence-corrected chi connectivity index (χ2v) is 7.51. The molecule has 0 aliphatic heterocycles. The Labute approximate surface area is 176 Å². The average Bonchev–Trinajstić information content (AvgIpc) is 3.11. The van der Waals surface area contributed by atoms with Crippen LogP contribution in [-0.4, -0.2) is 49.4 Å². The summed E-state index contributed by atoms with van der Waals surface area (Å²) in [7, 11) is 0. The van der Waals surface area contributed by atoms with E-state index in [-0.39, 0.29) is 29.5 Å². The highest BCUT2D eigenvalue weighted by Crippen LogP contribution is 2.25. The third-order valence-electron chi connectivity index (χ3n) is 5.27. The number of alkyl halides is 2. The van der Waals surface area contributed by atoms with E-state index in [1.165, 1.54) is 10.9 Å². The van der Waals surface area contributed by atoms with Gasteiger partial charge in [-0.1, -0.05) is 12.8 Å². The third kappa shape index (κ3) is 4.68. The molecule has 31 heavy (non-hydrogen) atoms. The summed E-state index contributed by atoms with van der Waals surface area (Å²) in [6.07, 6.45) is 2.90. The lowest BCUT2D eigenvalue weighted by Crippen LogP contribution is -2.43. The largest absolute Gasteiger partial charge is 0.364 e. The molecule has 4 rings (SSSR count). The quantitative estimate of drug-likeness (QED) is 0.444. The van der Waals surface area contributed by atoms with Crippen molar-refractivity contribution >= 4 is 34.3 Å². The van der Waals surface area contributed by atoms with Crippen LogP contribution in [0.1, 0.15) is 36.2 Å². The van der Waals surface area contributed by atoms with E-state index in [0.29, 0.717) is 16.6 Å². The normalized spacial score (nSPS) is 19.0. The number of nitrogens with one attached hydrogen (secondary N) is 2. The van der Waals surface area contributed by atoms with Crippen LogP contribution in [0.15, 0.2) is 24.4 Å². The van der Waals surface area contributed by atoms with Crippen LogP contribution in [0, 0.1) is 0 Å². The van der Waals surface area contributed by atoms with Crippen LogP contribution in [-0.2, 0) is 6.54 Å². The van der Waals surface area contributed by atoms with E-state index in [9.17, 15) is 13.6 Å². The summed E-state index contributed by atoms with van der Waals surface area (Å²) >= 11 is 0. The molecule has 0 unspecified atom stereocenters. The molecule has 0 saturated heterocycles. The number of nitrogens with zero attached hydrogens (tertiary/aromatic N) is 5. The van der Waals surface area contributed by atoms with Gasteiger partial charge in [-0.15, -0.1) is 10.2 Å². The second kappa shape index (κ2) is 8.76. The van der Waals surface area contributed by atoms with E-state index in [1.807, 2.05) is 0 Å². The molecule has 1 aliphatic rings. The van der Waals surface area contributed by atoms with Crippen molar-refractivity contribution in [1.82, 2.24) is 25.0 Å². The summed E-state index contributed by atoms with van der Waals surface area (Å²) in [6, 6.07) is 5.06. The fourth-order valence-corrected chi connectivity index (χ4v) is 3.71. The summed E-state index contributed by atoms with van der Waals surface area (Å²) in [5, 5.41) is 18.7. The summed E-state index contributed by atoms with van der Waals surface area (Å²) < 4.78 is 26.8. The molecule has 1 amide bonds. The summed E-state index contributed by atoms with van der Waals surface area (Å²) in [5.41, 5.74) is 12.5. The second-order valence-electron chi connectivity index (χ2n) is 7.51. The van der Waals surface area contributed by atoms with Crippen LogP contribution in [0.3, 0.4) is 0 Å². The van der Waals surface area contributed by atoms with E-state index >= 15 is 0 Å². The molecule has 1 aromatic carbocycles. The fraction of sp³-hybridized carbons (Fsp3) is 0.421. The van der Waals surface area contributed by atoms with Crippen molar-refractivity contribution in [3.63, 3.8) is 0 Å². The first-order valence-electron chi connectivity index (χ1n) is 9.98. The molecule has 12 heteroatoms. The highest BCUT2D eigenvalue weighted by molar-refractivity contribution is 5.96. The van der Waals surface area contributed by atoms with Crippen molar-refractivity contribution in [1.29, 1.82) is 0 Å². The molecular formula is C19H23F2N9O. The van der Waals surface area contributed by atoms with Gasteiger partial charge in [-0.25, -0.2) is 8.78 Å². The summed E-state index contributed by atoms with van der Waals surface area (Å²) in [5.74, 6) is -0.473. The van der Waals surface area contributed by atoms with E-state index in [2.05, 4.69) is 30.9 Å². The fourth-order valence-electron chi connectivity index (χ4n) is 3.71. The number of benzene rings is 1. The number of aromatic nitrogens is 5. The zero-order chi connectivity index (χ0) is 22.0. The summed E-state index contributed by atoms with van der Waals surface area (Å²) in [6.45, 7) is -0.524. The molecule has 1 aliphatic carbocycles. The van der Waals surface area contributed by atoms with Gasteiger partial charge in [0.15, 0.2) is 11.5 Å². The van der Waals surface area contributed by atoms with E-state index in [1.54, 1.807) is 18.2 Å². The van der Waals surface area contributed by atoms with Crippen molar-refractivity contribution in [3.05, 3.63) is 30.1 Å². The van der Waals surface area contributed by atoms with Gasteiger partial charge in [0.2, 0.25) is 5.95 Å². The summed E-state index contributed by atoms with van der Waals surface area (Å²) in [4.78, 5) is 16.2. The zero-order valence-electron chi connectivity index (χ0n) is 16.6. The van der Waals surface area contributed by atoms with Gasteiger partial charge in [-0.3, -0.25) is 9.48 Å². The average molecular weight is 431 g/mol. The minimum atomic E-state index is -2.54. The molecule has 0 radical (unpaired) electrons. The number of halogens is 2. The van der Waals surface area contributed by atoms with Gasteiger partial charge in [0, 0.05) is 23.2 Å². The number of hydrogen-bond donors (Lipinski definition) is 4. The predicted molar refractivity (Wildman–Crippen MR) is 111 cm³/mol. The Kier molecular flexibility index (Phi) is 5.89. The first kappa shape index (κ1) is 20.8.